The van der Waals surface area contributed by atoms with Crippen LogP contribution in [0, 0.1) is 0 Å². The average Bonchev–Trinajstić information content (AvgIpc) is 3.36. The first-order valence-corrected chi connectivity index (χ1v) is 15.3. The van der Waals surface area contributed by atoms with E-state index in [2.05, 4.69) is 5.32 Å². The summed E-state index contributed by atoms with van der Waals surface area (Å²) in [5, 5.41) is 3.47. The molecule has 0 aromatic heterocycles. The summed E-state index contributed by atoms with van der Waals surface area (Å²) >= 11 is 6.25. The lowest BCUT2D eigenvalue weighted by Crippen LogP contribution is -2.56. The molecule has 1 atom stereocenters. The first kappa shape index (κ1) is 30.2. The number of hydrogen-bond acceptors (Lipinski definition) is 6. The van der Waals surface area contributed by atoms with E-state index in [-0.39, 0.29) is 31.4 Å². The third-order valence-corrected chi connectivity index (χ3v) is 7.71. The molecule has 9 nitrogen and oxygen atoms in total. The van der Waals surface area contributed by atoms with Gasteiger partial charge in [-0.25, -0.2) is 8.42 Å². The van der Waals surface area contributed by atoms with Crippen LogP contribution >= 0.6 is 11.6 Å². The summed E-state index contributed by atoms with van der Waals surface area (Å²) in [6, 6.07) is 20.1. The van der Waals surface area contributed by atoms with Gasteiger partial charge in [-0.15, -0.1) is 0 Å². The lowest BCUT2D eigenvalue weighted by atomic mass is 10.0. The van der Waals surface area contributed by atoms with Crippen LogP contribution in [0.15, 0.2) is 72.8 Å². The smallest absolute Gasteiger partial charge is 0.244 e. The summed E-state index contributed by atoms with van der Waals surface area (Å²) in [4.78, 5) is 29.3. The largest absolute Gasteiger partial charge is 0.454 e. The Balaban J connectivity index is 1.74. The minimum atomic E-state index is -3.91. The molecule has 11 heteroatoms. The number of ether oxygens (including phenoxy) is 2. The monoisotopic (exact) mass is 599 g/mol. The molecule has 1 aliphatic heterocycles. The minimum Gasteiger partial charge on any atom is -0.454 e. The van der Waals surface area contributed by atoms with Gasteiger partial charge in [0.25, 0.3) is 0 Å². The second-order valence-corrected chi connectivity index (χ2v) is 13.2. The van der Waals surface area contributed by atoms with E-state index in [9.17, 15) is 18.0 Å². The predicted octanol–water partition coefficient (Wildman–Crippen LogP) is 4.39. The molecule has 2 amide bonds. The SMILES string of the molecule is CC(C)(C)NC(=O)C(Cc1ccccc1)N(Cc1cccc(Cl)c1)C(=O)CN(c1ccc2c(c1)OCO2)S(C)(=O)=O. The van der Waals surface area contributed by atoms with Crippen molar-refractivity contribution in [3.63, 3.8) is 0 Å². The maximum atomic E-state index is 14.1. The molecule has 1 unspecified atom stereocenters. The molecule has 3 aromatic rings. The van der Waals surface area contributed by atoms with Crippen LogP contribution in [0.3, 0.4) is 0 Å². The molecule has 0 radical (unpaired) electrons. The van der Waals surface area contributed by atoms with E-state index in [4.69, 9.17) is 21.1 Å². The standard InChI is InChI=1S/C30H34ClN3O6S/c1-30(2,3)32-29(36)25(16-21-9-6-5-7-10-21)33(18-22-11-8-12-23(31)15-22)28(35)19-34(41(4,37)38)24-13-14-26-27(17-24)40-20-39-26/h5-15,17,25H,16,18-20H2,1-4H3,(H,32,36). The molecule has 0 saturated heterocycles. The Hall–Kier alpha value is -3.76. The number of anilines is 1. The van der Waals surface area contributed by atoms with Gasteiger partial charge in [-0.2, -0.15) is 0 Å². The molecular weight excluding hydrogens is 566 g/mol. The number of carbonyl (C=O) groups is 2. The minimum absolute atomic E-state index is 0.0219. The summed E-state index contributed by atoms with van der Waals surface area (Å²) < 4.78 is 37.7. The van der Waals surface area contributed by atoms with Crippen molar-refractivity contribution < 1.29 is 27.5 Å². The van der Waals surface area contributed by atoms with Gasteiger partial charge in [-0.05, 0) is 56.2 Å². The Morgan fingerprint density at radius 3 is 2.29 bits per heavy atom. The predicted molar refractivity (Wildman–Crippen MR) is 159 cm³/mol. The fourth-order valence-electron chi connectivity index (χ4n) is 4.49. The van der Waals surface area contributed by atoms with E-state index in [0.717, 1.165) is 16.1 Å². The Morgan fingerprint density at radius 1 is 0.951 bits per heavy atom. The maximum absolute atomic E-state index is 14.1. The highest BCUT2D eigenvalue weighted by Gasteiger charge is 2.34. The van der Waals surface area contributed by atoms with Gasteiger partial charge in [0, 0.05) is 29.6 Å². The van der Waals surface area contributed by atoms with Crippen LogP contribution < -0.4 is 19.1 Å². The highest BCUT2D eigenvalue weighted by Crippen LogP contribution is 2.36. The number of fused-ring (bicyclic) bond motifs is 1. The third-order valence-electron chi connectivity index (χ3n) is 6.33. The Labute approximate surface area is 246 Å². The summed E-state index contributed by atoms with van der Waals surface area (Å²) in [5.74, 6) is -0.0486. The molecule has 218 valence electrons. The Morgan fingerprint density at radius 2 is 1.63 bits per heavy atom. The second kappa shape index (κ2) is 12.4. The third kappa shape index (κ3) is 8.14. The van der Waals surface area contributed by atoms with Crippen molar-refractivity contribution in [2.45, 2.75) is 45.3 Å². The van der Waals surface area contributed by atoms with Crippen molar-refractivity contribution in [1.82, 2.24) is 10.2 Å². The van der Waals surface area contributed by atoms with Crippen LogP contribution in [-0.2, 0) is 32.6 Å². The molecule has 0 bridgehead atoms. The van der Waals surface area contributed by atoms with Crippen molar-refractivity contribution in [2.75, 3.05) is 23.9 Å². The number of rotatable bonds is 10. The van der Waals surface area contributed by atoms with Crippen molar-refractivity contribution in [1.29, 1.82) is 0 Å². The molecule has 0 saturated carbocycles. The zero-order chi connectivity index (χ0) is 29.8. The van der Waals surface area contributed by atoms with Crippen LogP contribution in [0.2, 0.25) is 5.02 Å². The Bertz CT molecular complexity index is 1510. The molecular formula is C30H34ClN3O6S. The molecule has 0 aliphatic carbocycles. The normalized spacial score (nSPS) is 13.4. The maximum Gasteiger partial charge on any atom is 0.244 e. The first-order valence-electron chi connectivity index (χ1n) is 13.1. The average molecular weight is 600 g/mol. The highest BCUT2D eigenvalue weighted by atomic mass is 35.5. The molecule has 0 fully saturated rings. The van der Waals surface area contributed by atoms with Crippen molar-refractivity contribution in [3.8, 4) is 11.5 Å². The fraction of sp³-hybridized carbons (Fsp3) is 0.333. The van der Waals surface area contributed by atoms with Gasteiger partial charge in [-0.1, -0.05) is 54.1 Å². The highest BCUT2D eigenvalue weighted by molar-refractivity contribution is 7.92. The van der Waals surface area contributed by atoms with E-state index < -0.39 is 34.1 Å². The zero-order valence-corrected chi connectivity index (χ0v) is 25.0. The van der Waals surface area contributed by atoms with Crippen molar-refractivity contribution >= 4 is 39.1 Å². The van der Waals surface area contributed by atoms with Crippen molar-refractivity contribution in [2.24, 2.45) is 0 Å². The summed E-state index contributed by atoms with van der Waals surface area (Å²) in [6.07, 6.45) is 1.25. The number of carbonyl (C=O) groups excluding carboxylic acids is 2. The molecule has 3 aromatic carbocycles. The van der Waals surface area contributed by atoms with Crippen LogP contribution in [-0.4, -0.2) is 56.3 Å². The van der Waals surface area contributed by atoms with Crippen molar-refractivity contribution in [3.05, 3.63) is 88.9 Å². The zero-order valence-electron chi connectivity index (χ0n) is 23.5. The summed E-state index contributed by atoms with van der Waals surface area (Å²) in [6.45, 7) is 5.10. The molecule has 0 spiro atoms. The first-order chi connectivity index (χ1) is 19.3. The van der Waals surface area contributed by atoms with Gasteiger partial charge < -0.3 is 19.7 Å². The molecule has 1 aliphatic rings. The summed E-state index contributed by atoms with van der Waals surface area (Å²) in [5.41, 5.74) is 1.22. The van der Waals surface area contributed by atoms with Gasteiger partial charge in [-0.3, -0.25) is 13.9 Å². The molecule has 4 rings (SSSR count). The number of amides is 2. The molecule has 41 heavy (non-hydrogen) atoms. The Kier molecular flexibility index (Phi) is 9.14. The van der Waals surface area contributed by atoms with Gasteiger partial charge in [0.05, 0.1) is 11.9 Å². The van der Waals surface area contributed by atoms with Gasteiger partial charge in [0.2, 0.25) is 28.6 Å². The number of sulfonamides is 1. The fourth-order valence-corrected chi connectivity index (χ4v) is 5.55. The lowest BCUT2D eigenvalue weighted by Gasteiger charge is -2.35. The van der Waals surface area contributed by atoms with Gasteiger partial charge in [0.15, 0.2) is 11.5 Å². The van der Waals surface area contributed by atoms with E-state index in [1.54, 1.807) is 36.4 Å². The number of halogens is 1. The second-order valence-electron chi connectivity index (χ2n) is 10.9. The van der Waals surface area contributed by atoms with Crippen LogP contribution in [0.25, 0.3) is 0 Å². The summed E-state index contributed by atoms with van der Waals surface area (Å²) in [7, 11) is -3.91. The molecule has 1 N–H and O–H groups in total. The quantitative estimate of drug-likeness (QED) is 0.371. The van der Waals surface area contributed by atoms with Crippen LogP contribution in [0.5, 0.6) is 11.5 Å². The number of benzene rings is 3. The number of nitrogens with zero attached hydrogens (tertiary/aromatic N) is 2. The lowest BCUT2D eigenvalue weighted by molar-refractivity contribution is -0.140. The number of hydrogen-bond donors (Lipinski definition) is 1. The number of nitrogens with one attached hydrogen (secondary N) is 1. The van der Waals surface area contributed by atoms with E-state index >= 15 is 0 Å². The van der Waals surface area contributed by atoms with Gasteiger partial charge in [0.1, 0.15) is 12.6 Å². The van der Waals surface area contributed by atoms with E-state index in [0.29, 0.717) is 22.1 Å². The van der Waals surface area contributed by atoms with Crippen LogP contribution in [0.4, 0.5) is 5.69 Å². The van der Waals surface area contributed by atoms with Crippen LogP contribution in [0.1, 0.15) is 31.9 Å². The van der Waals surface area contributed by atoms with E-state index in [1.165, 1.54) is 11.0 Å². The molecule has 1 heterocycles. The van der Waals surface area contributed by atoms with E-state index in [1.807, 2.05) is 51.1 Å². The topological polar surface area (TPSA) is 105 Å². The van der Waals surface area contributed by atoms with Gasteiger partial charge >= 0.3 is 0 Å².